The number of aliphatic carboxylic acids is 1. The zero-order chi connectivity index (χ0) is 19.0. The van der Waals surface area contributed by atoms with Crippen LogP contribution < -0.4 is 16.0 Å². The molecule has 0 saturated heterocycles. The van der Waals surface area contributed by atoms with Gasteiger partial charge in [-0.05, 0) is 12.0 Å². The van der Waals surface area contributed by atoms with Gasteiger partial charge in [0.05, 0.1) is 31.9 Å². The average Bonchev–Trinajstić information content (AvgIpc) is 3.05. The third kappa shape index (κ3) is 6.20. The molecule has 0 aliphatic rings. The van der Waals surface area contributed by atoms with Gasteiger partial charge in [-0.15, -0.1) is 0 Å². The molecule has 0 bridgehead atoms. The monoisotopic (exact) mass is 355 g/mol. The first kappa shape index (κ1) is 20.7. The molecule has 0 spiro atoms. The highest BCUT2D eigenvalue weighted by atomic mass is 16.5. The minimum absolute atomic E-state index is 0.239. The van der Waals surface area contributed by atoms with Gasteiger partial charge in [0.1, 0.15) is 6.04 Å². The molecule has 0 unspecified atom stereocenters. The molecule has 0 aliphatic carbocycles. The number of carboxylic acid groups (broad SMARTS) is 1. The fourth-order valence-electron chi connectivity index (χ4n) is 2.16. The summed E-state index contributed by atoms with van der Waals surface area (Å²) in [5, 5.41) is 11.3. The Balaban J connectivity index is 2.92. The van der Waals surface area contributed by atoms with Crippen LogP contribution in [0.4, 0.5) is 5.88 Å². The molecule has 2 amide bonds. The van der Waals surface area contributed by atoms with E-state index in [2.05, 4.69) is 5.32 Å². The van der Waals surface area contributed by atoms with Crippen molar-refractivity contribution in [2.24, 2.45) is 11.7 Å². The summed E-state index contributed by atoms with van der Waals surface area (Å²) in [5.41, 5.74) is 5.56. The number of furan rings is 1. The summed E-state index contributed by atoms with van der Waals surface area (Å²) in [6, 6.07) is 1.16. The number of hydrogen-bond acceptors (Lipinski definition) is 6. The SMILES string of the molecule is COCCN(C(=O)[C@H](NC(=O)[C@@H](N)CC(=O)O)C(C)C)c1ccco1. The highest BCUT2D eigenvalue weighted by Crippen LogP contribution is 2.18. The van der Waals surface area contributed by atoms with Crippen LogP contribution in [0.2, 0.25) is 0 Å². The van der Waals surface area contributed by atoms with Crippen molar-refractivity contribution in [2.75, 3.05) is 25.2 Å². The maximum atomic E-state index is 12.9. The first-order valence-corrected chi connectivity index (χ1v) is 7.89. The number of carboxylic acids is 1. The molecule has 1 aromatic heterocycles. The number of ether oxygens (including phenoxy) is 1. The fourth-order valence-corrected chi connectivity index (χ4v) is 2.16. The second-order valence-electron chi connectivity index (χ2n) is 5.87. The first-order valence-electron chi connectivity index (χ1n) is 7.89. The van der Waals surface area contributed by atoms with Crippen molar-refractivity contribution in [1.82, 2.24) is 5.32 Å². The summed E-state index contributed by atoms with van der Waals surface area (Å²) in [6.45, 7) is 4.05. The Labute approximate surface area is 146 Å². The summed E-state index contributed by atoms with van der Waals surface area (Å²) >= 11 is 0. The zero-order valence-electron chi connectivity index (χ0n) is 14.6. The normalized spacial score (nSPS) is 13.3. The van der Waals surface area contributed by atoms with Gasteiger partial charge >= 0.3 is 5.97 Å². The van der Waals surface area contributed by atoms with E-state index < -0.39 is 36.3 Å². The predicted molar refractivity (Wildman–Crippen MR) is 89.9 cm³/mol. The molecule has 2 atom stereocenters. The van der Waals surface area contributed by atoms with E-state index in [9.17, 15) is 14.4 Å². The Hall–Kier alpha value is -2.39. The highest BCUT2D eigenvalue weighted by Gasteiger charge is 2.32. The maximum Gasteiger partial charge on any atom is 0.305 e. The van der Waals surface area contributed by atoms with E-state index >= 15 is 0 Å². The van der Waals surface area contributed by atoms with Gasteiger partial charge in [-0.25, -0.2) is 0 Å². The second-order valence-corrected chi connectivity index (χ2v) is 5.87. The van der Waals surface area contributed by atoms with Crippen molar-refractivity contribution in [3.63, 3.8) is 0 Å². The molecule has 1 aromatic rings. The number of methoxy groups -OCH3 is 1. The Morgan fingerprint density at radius 2 is 2.08 bits per heavy atom. The summed E-state index contributed by atoms with van der Waals surface area (Å²) < 4.78 is 10.3. The van der Waals surface area contributed by atoms with E-state index in [0.717, 1.165) is 0 Å². The molecule has 140 valence electrons. The van der Waals surface area contributed by atoms with Crippen molar-refractivity contribution < 1.29 is 28.6 Å². The minimum Gasteiger partial charge on any atom is -0.481 e. The van der Waals surface area contributed by atoms with Gasteiger partial charge in [0.25, 0.3) is 5.91 Å². The molecule has 0 aliphatic heterocycles. The van der Waals surface area contributed by atoms with Gasteiger partial charge in [-0.1, -0.05) is 13.8 Å². The van der Waals surface area contributed by atoms with Crippen LogP contribution in [0.15, 0.2) is 22.8 Å². The van der Waals surface area contributed by atoms with Gasteiger partial charge in [0, 0.05) is 13.2 Å². The summed E-state index contributed by atoms with van der Waals surface area (Å²) in [4.78, 5) is 37.1. The van der Waals surface area contributed by atoms with E-state index in [1.807, 2.05) is 0 Å². The predicted octanol–water partition coefficient (Wildman–Crippen LogP) is 0.202. The Bertz CT molecular complexity index is 572. The number of carbonyl (C=O) groups is 3. The molecule has 0 saturated carbocycles. The van der Waals surface area contributed by atoms with Crippen molar-refractivity contribution in [2.45, 2.75) is 32.4 Å². The van der Waals surface area contributed by atoms with Crippen molar-refractivity contribution >= 4 is 23.7 Å². The van der Waals surface area contributed by atoms with Gasteiger partial charge in [-0.2, -0.15) is 0 Å². The van der Waals surface area contributed by atoms with Crippen LogP contribution in [-0.4, -0.2) is 55.2 Å². The minimum atomic E-state index is -1.23. The lowest BCUT2D eigenvalue weighted by Crippen LogP contribution is -2.55. The Kier molecular flexibility index (Phi) is 8.09. The van der Waals surface area contributed by atoms with Gasteiger partial charge in [0.15, 0.2) is 0 Å². The van der Waals surface area contributed by atoms with Crippen molar-refractivity contribution in [3.8, 4) is 0 Å². The number of rotatable bonds is 10. The number of hydrogen-bond donors (Lipinski definition) is 3. The zero-order valence-corrected chi connectivity index (χ0v) is 14.6. The Morgan fingerprint density at radius 1 is 1.40 bits per heavy atom. The van der Waals surface area contributed by atoms with Crippen LogP contribution >= 0.6 is 0 Å². The second kappa shape index (κ2) is 9.80. The highest BCUT2D eigenvalue weighted by molar-refractivity contribution is 5.99. The van der Waals surface area contributed by atoms with Gasteiger partial charge < -0.3 is 25.3 Å². The molecule has 9 nitrogen and oxygen atoms in total. The fraction of sp³-hybridized carbons (Fsp3) is 0.562. The van der Waals surface area contributed by atoms with Crippen LogP contribution in [0.25, 0.3) is 0 Å². The summed E-state index contributed by atoms with van der Waals surface area (Å²) in [5.74, 6) is -2.18. The van der Waals surface area contributed by atoms with E-state index in [4.69, 9.17) is 20.0 Å². The number of amides is 2. The molecule has 0 fully saturated rings. The number of anilines is 1. The van der Waals surface area contributed by atoms with Crippen molar-refractivity contribution in [3.05, 3.63) is 18.4 Å². The first-order chi connectivity index (χ1) is 11.8. The topological polar surface area (TPSA) is 135 Å². The largest absolute Gasteiger partial charge is 0.481 e. The van der Waals surface area contributed by atoms with E-state index in [1.54, 1.807) is 26.0 Å². The van der Waals surface area contributed by atoms with E-state index in [0.29, 0.717) is 5.88 Å². The molecule has 0 aromatic carbocycles. The molecule has 25 heavy (non-hydrogen) atoms. The lowest BCUT2D eigenvalue weighted by molar-refractivity contribution is -0.139. The number of nitrogens with two attached hydrogens (primary N) is 1. The van der Waals surface area contributed by atoms with Gasteiger partial charge in [-0.3, -0.25) is 19.3 Å². The number of nitrogens with zero attached hydrogens (tertiary/aromatic N) is 1. The molecule has 0 radical (unpaired) electrons. The molecule has 4 N–H and O–H groups in total. The van der Waals surface area contributed by atoms with E-state index in [1.165, 1.54) is 18.3 Å². The lowest BCUT2D eigenvalue weighted by atomic mass is 10.0. The average molecular weight is 355 g/mol. The summed E-state index contributed by atoms with van der Waals surface area (Å²) in [6.07, 6.45) is 0.921. The Morgan fingerprint density at radius 3 is 2.56 bits per heavy atom. The van der Waals surface area contributed by atoms with Crippen LogP contribution in [0.3, 0.4) is 0 Å². The third-order valence-electron chi connectivity index (χ3n) is 3.52. The van der Waals surface area contributed by atoms with Crippen LogP contribution in [-0.2, 0) is 19.1 Å². The van der Waals surface area contributed by atoms with Crippen LogP contribution in [0.5, 0.6) is 0 Å². The quantitative estimate of drug-likeness (QED) is 0.545. The summed E-state index contributed by atoms with van der Waals surface area (Å²) in [7, 11) is 1.51. The standard InChI is InChI=1S/C16H25N3O6/c1-10(2)14(18-15(22)11(17)9-13(20)21)16(23)19(6-8-24-3)12-5-4-7-25-12/h4-5,7,10-11,14H,6,8-9,17H2,1-3H3,(H,18,22)(H,20,21)/t11-,14+/m0/s1. The molecule has 9 heteroatoms. The van der Waals surface area contributed by atoms with Crippen LogP contribution in [0, 0.1) is 5.92 Å². The maximum absolute atomic E-state index is 12.9. The number of nitrogens with one attached hydrogen (secondary N) is 1. The van der Waals surface area contributed by atoms with Gasteiger partial charge in [0.2, 0.25) is 11.8 Å². The van der Waals surface area contributed by atoms with Crippen LogP contribution in [0.1, 0.15) is 20.3 Å². The molecule has 1 rings (SSSR count). The third-order valence-corrected chi connectivity index (χ3v) is 3.52. The van der Waals surface area contributed by atoms with E-state index in [-0.39, 0.29) is 19.1 Å². The smallest absolute Gasteiger partial charge is 0.305 e. The number of carbonyl (C=O) groups excluding carboxylic acids is 2. The molecule has 1 heterocycles. The molecular weight excluding hydrogens is 330 g/mol. The molecular formula is C16H25N3O6. The lowest BCUT2D eigenvalue weighted by Gasteiger charge is -2.28. The van der Waals surface area contributed by atoms with Crippen molar-refractivity contribution in [1.29, 1.82) is 0 Å².